The van der Waals surface area contributed by atoms with Crippen molar-refractivity contribution in [3.63, 3.8) is 0 Å². The molecule has 0 unspecified atom stereocenters. The molecule has 3 heteroatoms. The van der Waals surface area contributed by atoms with Gasteiger partial charge in [0, 0.05) is 43.3 Å². The first kappa shape index (κ1) is 14.8. The van der Waals surface area contributed by atoms with E-state index in [1.165, 1.54) is 63.7 Å². The van der Waals surface area contributed by atoms with Crippen LogP contribution in [-0.2, 0) is 0 Å². The SMILES string of the molecule is C[C@H](NC1CCN(c2ccncc2)CC1)C1CCCCC1. The molecular formula is C18H29N3. The van der Waals surface area contributed by atoms with Crippen molar-refractivity contribution in [1.29, 1.82) is 0 Å². The van der Waals surface area contributed by atoms with Gasteiger partial charge in [-0.1, -0.05) is 19.3 Å². The molecule has 1 aromatic rings. The smallest absolute Gasteiger partial charge is 0.0397 e. The highest BCUT2D eigenvalue weighted by molar-refractivity contribution is 5.44. The van der Waals surface area contributed by atoms with Crippen LogP contribution in [0.3, 0.4) is 0 Å². The molecule has 0 radical (unpaired) electrons. The first-order valence-electron chi connectivity index (χ1n) is 8.74. The van der Waals surface area contributed by atoms with E-state index >= 15 is 0 Å². The van der Waals surface area contributed by atoms with Crippen LogP contribution in [0.2, 0.25) is 0 Å². The molecule has 2 heterocycles. The Morgan fingerprint density at radius 2 is 1.71 bits per heavy atom. The summed E-state index contributed by atoms with van der Waals surface area (Å²) < 4.78 is 0. The predicted octanol–water partition coefficient (Wildman–Crippen LogP) is 3.61. The molecule has 1 saturated heterocycles. The summed E-state index contributed by atoms with van der Waals surface area (Å²) in [6.45, 7) is 4.74. The molecule has 1 aliphatic heterocycles. The van der Waals surface area contributed by atoms with Crippen LogP contribution in [-0.4, -0.2) is 30.2 Å². The lowest BCUT2D eigenvalue weighted by atomic mass is 9.84. The summed E-state index contributed by atoms with van der Waals surface area (Å²) >= 11 is 0. The summed E-state index contributed by atoms with van der Waals surface area (Å²) in [7, 11) is 0. The van der Waals surface area contributed by atoms with Crippen LogP contribution in [0, 0.1) is 5.92 Å². The van der Waals surface area contributed by atoms with Crippen LogP contribution in [0.4, 0.5) is 5.69 Å². The van der Waals surface area contributed by atoms with E-state index in [1.807, 2.05) is 12.4 Å². The van der Waals surface area contributed by atoms with Crippen LogP contribution < -0.4 is 10.2 Å². The zero-order chi connectivity index (χ0) is 14.5. The maximum atomic E-state index is 4.11. The number of aromatic nitrogens is 1. The number of pyridine rings is 1. The number of hydrogen-bond acceptors (Lipinski definition) is 3. The molecule has 0 aromatic carbocycles. The monoisotopic (exact) mass is 287 g/mol. The average Bonchev–Trinajstić information content (AvgIpc) is 2.57. The summed E-state index contributed by atoms with van der Waals surface area (Å²) in [6.07, 6.45) is 13.5. The van der Waals surface area contributed by atoms with Crippen molar-refractivity contribution < 1.29 is 0 Å². The second-order valence-electron chi connectivity index (χ2n) is 6.82. The number of piperidine rings is 1. The van der Waals surface area contributed by atoms with Gasteiger partial charge in [0.15, 0.2) is 0 Å². The number of nitrogens with one attached hydrogen (secondary N) is 1. The molecule has 1 saturated carbocycles. The molecule has 0 bridgehead atoms. The third-order valence-corrected chi connectivity index (χ3v) is 5.38. The van der Waals surface area contributed by atoms with Crippen LogP contribution in [0.1, 0.15) is 51.9 Å². The summed E-state index contributed by atoms with van der Waals surface area (Å²) in [4.78, 5) is 6.60. The quantitative estimate of drug-likeness (QED) is 0.917. The molecule has 1 atom stereocenters. The van der Waals surface area contributed by atoms with Gasteiger partial charge in [0.05, 0.1) is 0 Å². The van der Waals surface area contributed by atoms with Crippen molar-refractivity contribution >= 4 is 5.69 Å². The van der Waals surface area contributed by atoms with Gasteiger partial charge >= 0.3 is 0 Å². The van der Waals surface area contributed by atoms with Gasteiger partial charge in [-0.15, -0.1) is 0 Å². The van der Waals surface area contributed by atoms with Crippen molar-refractivity contribution in [3.8, 4) is 0 Å². The van der Waals surface area contributed by atoms with E-state index in [0.717, 1.165) is 5.92 Å². The van der Waals surface area contributed by atoms with Crippen LogP contribution >= 0.6 is 0 Å². The minimum atomic E-state index is 0.697. The Labute approximate surface area is 129 Å². The lowest BCUT2D eigenvalue weighted by Gasteiger charge is -2.37. The van der Waals surface area contributed by atoms with Gasteiger partial charge < -0.3 is 10.2 Å². The molecular weight excluding hydrogens is 258 g/mol. The van der Waals surface area contributed by atoms with E-state index in [1.54, 1.807) is 0 Å². The molecule has 1 aliphatic carbocycles. The zero-order valence-corrected chi connectivity index (χ0v) is 13.3. The Bertz CT molecular complexity index is 406. The van der Waals surface area contributed by atoms with Crippen LogP contribution in [0.25, 0.3) is 0 Å². The molecule has 116 valence electrons. The zero-order valence-electron chi connectivity index (χ0n) is 13.3. The molecule has 0 amide bonds. The fourth-order valence-corrected chi connectivity index (χ4v) is 4.00. The number of hydrogen-bond donors (Lipinski definition) is 1. The van der Waals surface area contributed by atoms with Crippen molar-refractivity contribution in [2.24, 2.45) is 5.92 Å². The second-order valence-corrected chi connectivity index (χ2v) is 6.82. The largest absolute Gasteiger partial charge is 0.371 e. The Kier molecular flexibility index (Phi) is 5.13. The Balaban J connectivity index is 1.45. The van der Waals surface area contributed by atoms with E-state index in [-0.39, 0.29) is 0 Å². The molecule has 21 heavy (non-hydrogen) atoms. The molecule has 2 fully saturated rings. The van der Waals surface area contributed by atoms with Gasteiger partial charge in [0.2, 0.25) is 0 Å². The van der Waals surface area contributed by atoms with E-state index in [4.69, 9.17) is 0 Å². The third-order valence-electron chi connectivity index (χ3n) is 5.38. The van der Waals surface area contributed by atoms with E-state index in [0.29, 0.717) is 12.1 Å². The van der Waals surface area contributed by atoms with Gasteiger partial charge in [-0.2, -0.15) is 0 Å². The maximum absolute atomic E-state index is 4.11. The molecule has 0 spiro atoms. The van der Waals surface area contributed by atoms with Gasteiger partial charge in [0.1, 0.15) is 0 Å². The minimum Gasteiger partial charge on any atom is -0.371 e. The lowest BCUT2D eigenvalue weighted by Crippen LogP contribution is -2.47. The first-order valence-corrected chi connectivity index (χ1v) is 8.74. The van der Waals surface area contributed by atoms with Crippen molar-refractivity contribution in [2.45, 2.75) is 64.0 Å². The highest BCUT2D eigenvalue weighted by Gasteiger charge is 2.25. The highest BCUT2D eigenvalue weighted by Crippen LogP contribution is 2.27. The average molecular weight is 287 g/mol. The second kappa shape index (κ2) is 7.26. The van der Waals surface area contributed by atoms with E-state index in [9.17, 15) is 0 Å². The van der Waals surface area contributed by atoms with Gasteiger partial charge in [0.25, 0.3) is 0 Å². The fourth-order valence-electron chi connectivity index (χ4n) is 4.00. The van der Waals surface area contributed by atoms with E-state index < -0.39 is 0 Å². The van der Waals surface area contributed by atoms with Gasteiger partial charge in [-0.05, 0) is 50.7 Å². The molecule has 2 aliphatic rings. The number of rotatable bonds is 4. The molecule has 3 rings (SSSR count). The highest BCUT2D eigenvalue weighted by atomic mass is 15.1. The standard InChI is InChI=1S/C18H29N3/c1-15(16-5-3-2-4-6-16)20-17-9-13-21(14-10-17)18-7-11-19-12-8-18/h7-8,11-12,15-17,20H,2-6,9-10,13-14H2,1H3/t15-/m0/s1. The fraction of sp³-hybridized carbons (Fsp3) is 0.722. The third kappa shape index (κ3) is 3.97. The predicted molar refractivity (Wildman–Crippen MR) is 88.6 cm³/mol. The Hall–Kier alpha value is -1.09. The molecule has 1 N–H and O–H groups in total. The van der Waals surface area contributed by atoms with E-state index in [2.05, 4.69) is 34.3 Å². The normalized spacial score (nSPS) is 23.2. The minimum absolute atomic E-state index is 0.697. The summed E-state index contributed by atoms with van der Waals surface area (Å²) in [5.41, 5.74) is 1.32. The summed E-state index contributed by atoms with van der Waals surface area (Å²) in [5.74, 6) is 0.914. The lowest BCUT2D eigenvalue weighted by molar-refractivity contribution is 0.251. The van der Waals surface area contributed by atoms with Gasteiger partial charge in [-0.25, -0.2) is 0 Å². The van der Waals surface area contributed by atoms with Crippen LogP contribution in [0.5, 0.6) is 0 Å². The number of nitrogens with zero attached hydrogens (tertiary/aromatic N) is 2. The molecule has 3 nitrogen and oxygen atoms in total. The maximum Gasteiger partial charge on any atom is 0.0397 e. The topological polar surface area (TPSA) is 28.2 Å². The van der Waals surface area contributed by atoms with Gasteiger partial charge in [-0.3, -0.25) is 4.98 Å². The van der Waals surface area contributed by atoms with Crippen molar-refractivity contribution in [3.05, 3.63) is 24.5 Å². The van der Waals surface area contributed by atoms with Crippen molar-refractivity contribution in [2.75, 3.05) is 18.0 Å². The van der Waals surface area contributed by atoms with Crippen LogP contribution in [0.15, 0.2) is 24.5 Å². The Morgan fingerprint density at radius 1 is 1.05 bits per heavy atom. The van der Waals surface area contributed by atoms with Crippen molar-refractivity contribution in [1.82, 2.24) is 10.3 Å². The summed E-state index contributed by atoms with van der Waals surface area (Å²) in [5, 5.41) is 3.92. The Morgan fingerprint density at radius 3 is 2.38 bits per heavy atom. The summed E-state index contributed by atoms with van der Waals surface area (Å²) in [6, 6.07) is 5.65. The molecule has 1 aromatic heterocycles. The first-order chi connectivity index (χ1) is 10.3. The number of anilines is 1.